The van der Waals surface area contributed by atoms with E-state index in [0.717, 1.165) is 12.8 Å². The molecular formula is C15H21ClN2O3. The molecule has 116 valence electrons. The van der Waals surface area contributed by atoms with E-state index in [2.05, 4.69) is 10.6 Å². The third-order valence-electron chi connectivity index (χ3n) is 3.30. The van der Waals surface area contributed by atoms with E-state index in [1.54, 1.807) is 24.3 Å². The summed E-state index contributed by atoms with van der Waals surface area (Å²) in [6, 6.07) is 6.70. The number of hydrogen-bond acceptors (Lipinski definition) is 2. The second-order valence-electron chi connectivity index (χ2n) is 4.86. The van der Waals surface area contributed by atoms with Crippen LogP contribution in [0.5, 0.6) is 0 Å². The van der Waals surface area contributed by atoms with E-state index in [-0.39, 0.29) is 12.5 Å². The molecule has 0 fully saturated rings. The van der Waals surface area contributed by atoms with Gasteiger partial charge in [0.05, 0.1) is 10.7 Å². The molecular weight excluding hydrogens is 292 g/mol. The first-order valence-electron chi connectivity index (χ1n) is 7.04. The molecule has 0 aliphatic heterocycles. The van der Waals surface area contributed by atoms with Crippen molar-refractivity contribution in [3.63, 3.8) is 0 Å². The maximum absolute atomic E-state index is 11.7. The number of anilines is 1. The van der Waals surface area contributed by atoms with E-state index < -0.39 is 5.97 Å². The van der Waals surface area contributed by atoms with Crippen molar-refractivity contribution in [2.24, 2.45) is 5.92 Å². The summed E-state index contributed by atoms with van der Waals surface area (Å²) in [5.41, 5.74) is 0.564. The number of carbonyl (C=O) groups is 2. The maximum atomic E-state index is 11.7. The lowest BCUT2D eigenvalue weighted by atomic mass is 9.97. The molecule has 0 saturated carbocycles. The van der Waals surface area contributed by atoms with Crippen LogP contribution in [0.2, 0.25) is 5.02 Å². The van der Waals surface area contributed by atoms with Gasteiger partial charge in [0, 0.05) is 13.0 Å². The minimum absolute atomic E-state index is 0.171. The summed E-state index contributed by atoms with van der Waals surface area (Å²) in [5.74, 6) is -0.473. The fourth-order valence-electron chi connectivity index (χ4n) is 2.00. The number of carbonyl (C=O) groups excluding carboxylic acids is 1. The van der Waals surface area contributed by atoms with Gasteiger partial charge in [-0.1, -0.05) is 37.1 Å². The first kappa shape index (κ1) is 17.3. The molecule has 1 aromatic carbocycles. The standard InChI is InChI=1S/C15H21ClN2O3/c1-2-11(7-8-14(19)20)9-10-17-15(21)18-13-6-4-3-5-12(13)16/h3-6,11H,2,7-10H2,1H3,(H,19,20)(H2,17,18,21). The Balaban J connectivity index is 2.29. The van der Waals surface area contributed by atoms with Gasteiger partial charge in [-0.2, -0.15) is 0 Å². The Morgan fingerprint density at radius 2 is 2.00 bits per heavy atom. The molecule has 0 aromatic heterocycles. The highest BCUT2D eigenvalue weighted by atomic mass is 35.5. The summed E-state index contributed by atoms with van der Waals surface area (Å²) in [5, 5.41) is 14.6. The van der Waals surface area contributed by atoms with E-state index in [9.17, 15) is 9.59 Å². The van der Waals surface area contributed by atoms with Gasteiger partial charge in [-0.05, 0) is 30.9 Å². The fraction of sp³-hybridized carbons (Fsp3) is 0.467. The van der Waals surface area contributed by atoms with Gasteiger partial charge in [0.2, 0.25) is 0 Å². The first-order valence-corrected chi connectivity index (χ1v) is 7.42. The van der Waals surface area contributed by atoms with Gasteiger partial charge in [-0.3, -0.25) is 4.79 Å². The van der Waals surface area contributed by atoms with Crippen molar-refractivity contribution in [2.45, 2.75) is 32.6 Å². The Kier molecular flexibility index (Phi) is 7.61. The molecule has 0 heterocycles. The van der Waals surface area contributed by atoms with E-state index in [4.69, 9.17) is 16.7 Å². The molecule has 1 atom stereocenters. The van der Waals surface area contributed by atoms with Gasteiger partial charge in [0.1, 0.15) is 0 Å². The zero-order valence-corrected chi connectivity index (χ0v) is 12.8. The van der Waals surface area contributed by atoms with Crippen molar-refractivity contribution in [1.82, 2.24) is 5.32 Å². The molecule has 1 aromatic rings. The second-order valence-corrected chi connectivity index (χ2v) is 5.26. The predicted molar refractivity (Wildman–Crippen MR) is 83.7 cm³/mol. The van der Waals surface area contributed by atoms with Crippen molar-refractivity contribution in [3.8, 4) is 0 Å². The van der Waals surface area contributed by atoms with Crippen molar-refractivity contribution in [2.75, 3.05) is 11.9 Å². The van der Waals surface area contributed by atoms with Crippen molar-refractivity contribution < 1.29 is 14.7 Å². The lowest BCUT2D eigenvalue weighted by molar-refractivity contribution is -0.137. The summed E-state index contributed by atoms with van der Waals surface area (Å²) >= 11 is 5.95. The normalized spacial score (nSPS) is 11.7. The molecule has 0 saturated heterocycles. The van der Waals surface area contributed by atoms with Crippen LogP contribution in [0, 0.1) is 5.92 Å². The molecule has 1 rings (SSSR count). The molecule has 0 aliphatic rings. The highest BCUT2D eigenvalue weighted by Gasteiger charge is 2.10. The Morgan fingerprint density at radius 1 is 1.29 bits per heavy atom. The summed E-state index contributed by atoms with van der Waals surface area (Å²) in [6.07, 6.45) is 2.48. The number of halogens is 1. The smallest absolute Gasteiger partial charge is 0.319 e. The molecule has 1 unspecified atom stereocenters. The fourth-order valence-corrected chi connectivity index (χ4v) is 2.18. The Hall–Kier alpha value is -1.75. The van der Waals surface area contributed by atoms with Crippen LogP contribution in [-0.2, 0) is 4.79 Å². The van der Waals surface area contributed by atoms with E-state index in [1.807, 2.05) is 6.92 Å². The van der Waals surface area contributed by atoms with Crippen LogP contribution in [0.1, 0.15) is 32.6 Å². The second kappa shape index (κ2) is 9.23. The molecule has 0 radical (unpaired) electrons. The number of rotatable bonds is 8. The third-order valence-corrected chi connectivity index (χ3v) is 3.63. The average Bonchev–Trinajstić information content (AvgIpc) is 2.45. The first-order chi connectivity index (χ1) is 10.0. The van der Waals surface area contributed by atoms with E-state index in [1.165, 1.54) is 0 Å². The highest BCUT2D eigenvalue weighted by Crippen LogP contribution is 2.20. The summed E-state index contributed by atoms with van der Waals surface area (Å²) in [7, 11) is 0. The zero-order chi connectivity index (χ0) is 15.7. The maximum Gasteiger partial charge on any atom is 0.319 e. The van der Waals surface area contributed by atoms with Crippen LogP contribution in [0.4, 0.5) is 10.5 Å². The highest BCUT2D eigenvalue weighted by molar-refractivity contribution is 6.33. The summed E-state index contributed by atoms with van der Waals surface area (Å²) in [4.78, 5) is 22.3. The van der Waals surface area contributed by atoms with Crippen LogP contribution < -0.4 is 10.6 Å². The number of hydrogen-bond donors (Lipinski definition) is 3. The number of para-hydroxylation sites is 1. The quantitative estimate of drug-likeness (QED) is 0.684. The minimum Gasteiger partial charge on any atom is -0.481 e. The molecule has 0 bridgehead atoms. The number of aliphatic carboxylic acids is 1. The van der Waals surface area contributed by atoms with E-state index in [0.29, 0.717) is 29.6 Å². The average molecular weight is 313 g/mol. The van der Waals surface area contributed by atoms with Crippen molar-refractivity contribution >= 4 is 29.3 Å². The molecule has 21 heavy (non-hydrogen) atoms. The van der Waals surface area contributed by atoms with E-state index >= 15 is 0 Å². The SMILES string of the molecule is CCC(CCNC(=O)Nc1ccccc1Cl)CCC(=O)O. The molecule has 2 amide bonds. The molecule has 0 aliphatic carbocycles. The molecule has 5 nitrogen and oxygen atoms in total. The monoisotopic (exact) mass is 312 g/mol. The Bertz CT molecular complexity index is 480. The number of carboxylic acids is 1. The molecule has 3 N–H and O–H groups in total. The van der Waals surface area contributed by atoms with Crippen LogP contribution in [-0.4, -0.2) is 23.7 Å². The summed E-state index contributed by atoms with van der Waals surface area (Å²) < 4.78 is 0. The van der Waals surface area contributed by atoms with Gasteiger partial charge in [0.15, 0.2) is 0 Å². The van der Waals surface area contributed by atoms with Crippen molar-refractivity contribution in [3.05, 3.63) is 29.3 Å². The van der Waals surface area contributed by atoms with Gasteiger partial charge in [-0.25, -0.2) is 4.79 Å². The number of amides is 2. The largest absolute Gasteiger partial charge is 0.481 e. The number of urea groups is 1. The van der Waals surface area contributed by atoms with Crippen molar-refractivity contribution in [1.29, 1.82) is 0 Å². The van der Waals surface area contributed by atoms with Crippen LogP contribution in [0.15, 0.2) is 24.3 Å². The lowest BCUT2D eigenvalue weighted by Crippen LogP contribution is -2.30. The molecule has 6 heteroatoms. The lowest BCUT2D eigenvalue weighted by Gasteiger charge is -2.14. The van der Waals surface area contributed by atoms with Gasteiger partial charge in [-0.15, -0.1) is 0 Å². The topological polar surface area (TPSA) is 78.4 Å². The molecule has 0 spiro atoms. The van der Waals surface area contributed by atoms with Gasteiger partial charge >= 0.3 is 12.0 Å². The number of carboxylic acid groups (broad SMARTS) is 1. The van der Waals surface area contributed by atoms with Gasteiger partial charge < -0.3 is 15.7 Å². The van der Waals surface area contributed by atoms with Crippen LogP contribution in [0.25, 0.3) is 0 Å². The summed E-state index contributed by atoms with van der Waals surface area (Å²) in [6.45, 7) is 2.53. The minimum atomic E-state index is -0.780. The predicted octanol–water partition coefficient (Wildman–Crippen LogP) is 3.74. The Morgan fingerprint density at radius 3 is 2.62 bits per heavy atom. The zero-order valence-electron chi connectivity index (χ0n) is 12.1. The van der Waals surface area contributed by atoms with Gasteiger partial charge in [0.25, 0.3) is 0 Å². The van der Waals surface area contributed by atoms with Crippen LogP contribution >= 0.6 is 11.6 Å². The third kappa shape index (κ3) is 6.99. The Labute approximate surface area is 129 Å². The van der Waals surface area contributed by atoms with Crippen LogP contribution in [0.3, 0.4) is 0 Å². The number of nitrogens with one attached hydrogen (secondary N) is 2. The number of benzene rings is 1.